The molecule has 2 aromatic rings. The minimum absolute atomic E-state index is 0.0361. The molecular formula is C24H24O3. The number of rotatable bonds is 1. The number of carbonyl (C=O) groups is 2. The summed E-state index contributed by atoms with van der Waals surface area (Å²) in [6.45, 7) is 1.85. The predicted octanol–water partition coefficient (Wildman–Crippen LogP) is 4.95. The molecular weight excluding hydrogens is 336 g/mol. The molecule has 1 spiro atoms. The van der Waals surface area contributed by atoms with Crippen LogP contribution < -0.4 is 4.74 Å². The van der Waals surface area contributed by atoms with E-state index in [0.717, 1.165) is 25.7 Å². The third-order valence-corrected chi connectivity index (χ3v) is 7.31. The Morgan fingerprint density at radius 1 is 0.963 bits per heavy atom. The van der Waals surface area contributed by atoms with Gasteiger partial charge in [-0.05, 0) is 49.8 Å². The molecule has 2 aliphatic carbocycles. The zero-order valence-electron chi connectivity index (χ0n) is 15.6. The molecule has 0 saturated heterocycles. The number of para-hydroxylation sites is 1. The lowest BCUT2D eigenvalue weighted by molar-refractivity contribution is -0.165. The average Bonchev–Trinajstić information content (AvgIpc) is 2.71. The molecule has 5 rings (SSSR count). The van der Waals surface area contributed by atoms with Crippen molar-refractivity contribution in [3.8, 4) is 5.75 Å². The second kappa shape index (κ2) is 5.79. The number of ether oxygens (including phenoxy) is 1. The molecule has 0 unspecified atom stereocenters. The smallest absolute Gasteiger partial charge is 0.183 e. The Morgan fingerprint density at radius 2 is 1.70 bits per heavy atom. The number of Topliss-reactive ketones (excluding diaryl/α,β-unsaturated/α-hetero) is 2. The van der Waals surface area contributed by atoms with E-state index in [-0.39, 0.29) is 23.4 Å². The summed E-state index contributed by atoms with van der Waals surface area (Å²) in [5.74, 6) is 0.925. The van der Waals surface area contributed by atoms with Crippen molar-refractivity contribution in [2.45, 2.75) is 50.5 Å². The lowest BCUT2D eigenvalue weighted by Crippen LogP contribution is -2.69. The molecule has 0 amide bonds. The summed E-state index contributed by atoms with van der Waals surface area (Å²) in [7, 11) is 0. The van der Waals surface area contributed by atoms with Gasteiger partial charge in [-0.15, -0.1) is 0 Å². The molecule has 2 saturated carbocycles. The Kier molecular flexibility index (Phi) is 3.59. The largest absolute Gasteiger partial charge is 0.485 e. The van der Waals surface area contributed by atoms with Crippen LogP contribution in [0.1, 0.15) is 60.9 Å². The Balaban J connectivity index is 1.71. The van der Waals surface area contributed by atoms with E-state index in [2.05, 4.69) is 12.1 Å². The van der Waals surface area contributed by atoms with E-state index in [0.29, 0.717) is 17.7 Å². The molecule has 138 valence electrons. The van der Waals surface area contributed by atoms with Gasteiger partial charge in [-0.3, -0.25) is 9.59 Å². The lowest BCUT2D eigenvalue weighted by Gasteiger charge is -2.60. The fourth-order valence-electron chi connectivity index (χ4n) is 5.91. The van der Waals surface area contributed by atoms with Gasteiger partial charge < -0.3 is 4.74 Å². The van der Waals surface area contributed by atoms with Crippen molar-refractivity contribution in [3.05, 3.63) is 65.7 Å². The van der Waals surface area contributed by atoms with E-state index in [1.165, 1.54) is 5.56 Å². The van der Waals surface area contributed by atoms with E-state index in [1.807, 2.05) is 43.3 Å². The van der Waals surface area contributed by atoms with Gasteiger partial charge in [0, 0.05) is 12.3 Å². The lowest BCUT2D eigenvalue weighted by atomic mass is 9.48. The van der Waals surface area contributed by atoms with Crippen molar-refractivity contribution >= 4 is 11.6 Å². The molecule has 0 bridgehead atoms. The SMILES string of the molecule is C[C@@]12C(=O)C[C@@H](c3ccccc3)[C@@H]3CCCC[C@@]31Oc1ccccc1C2=O. The predicted molar refractivity (Wildman–Crippen MR) is 103 cm³/mol. The van der Waals surface area contributed by atoms with Crippen LogP contribution in [0.2, 0.25) is 0 Å². The van der Waals surface area contributed by atoms with Gasteiger partial charge in [0.25, 0.3) is 0 Å². The summed E-state index contributed by atoms with van der Waals surface area (Å²) in [5, 5.41) is 0. The second-order valence-electron chi connectivity index (χ2n) is 8.44. The van der Waals surface area contributed by atoms with Crippen LogP contribution in [0.25, 0.3) is 0 Å². The zero-order valence-corrected chi connectivity index (χ0v) is 15.6. The van der Waals surface area contributed by atoms with Crippen LogP contribution in [0.5, 0.6) is 5.75 Å². The standard InChI is InChI=1S/C24H24O3/c1-23-21(25)15-18(16-9-3-2-4-10-16)19-12-7-8-14-24(19,23)27-20-13-6-5-11-17(20)22(23)26/h2-6,9-11,13,18-19H,7-8,12,14-15H2,1H3/t18-,19-,23-,24+/m0/s1. The van der Waals surface area contributed by atoms with Crippen LogP contribution in [-0.4, -0.2) is 17.2 Å². The van der Waals surface area contributed by atoms with Crippen LogP contribution >= 0.6 is 0 Å². The van der Waals surface area contributed by atoms with Gasteiger partial charge >= 0.3 is 0 Å². The molecule has 27 heavy (non-hydrogen) atoms. The van der Waals surface area contributed by atoms with Crippen molar-refractivity contribution in [2.75, 3.05) is 0 Å². The molecule has 1 aliphatic heterocycles. The fourth-order valence-corrected chi connectivity index (χ4v) is 5.91. The van der Waals surface area contributed by atoms with Crippen LogP contribution in [0, 0.1) is 11.3 Å². The molecule has 0 N–H and O–H groups in total. The Labute approximate surface area is 159 Å². The van der Waals surface area contributed by atoms with Gasteiger partial charge in [0.15, 0.2) is 11.6 Å². The number of carbonyl (C=O) groups excluding carboxylic acids is 2. The summed E-state index contributed by atoms with van der Waals surface area (Å²) in [6, 6.07) is 17.7. The van der Waals surface area contributed by atoms with Crippen LogP contribution in [0.4, 0.5) is 0 Å². The maximum atomic E-state index is 13.6. The molecule has 4 atom stereocenters. The summed E-state index contributed by atoms with van der Waals surface area (Å²) in [4.78, 5) is 27.1. The summed E-state index contributed by atoms with van der Waals surface area (Å²) >= 11 is 0. The third-order valence-electron chi connectivity index (χ3n) is 7.31. The van der Waals surface area contributed by atoms with E-state index >= 15 is 0 Å². The first-order valence-electron chi connectivity index (χ1n) is 9.99. The molecule has 0 radical (unpaired) electrons. The topological polar surface area (TPSA) is 43.4 Å². The van der Waals surface area contributed by atoms with E-state index in [9.17, 15) is 9.59 Å². The highest BCUT2D eigenvalue weighted by molar-refractivity contribution is 6.18. The van der Waals surface area contributed by atoms with E-state index < -0.39 is 11.0 Å². The quantitative estimate of drug-likeness (QED) is 0.676. The number of benzene rings is 2. The Hall–Kier alpha value is -2.42. The molecule has 0 aromatic heterocycles. The minimum Gasteiger partial charge on any atom is -0.485 e. The van der Waals surface area contributed by atoms with Crippen molar-refractivity contribution < 1.29 is 14.3 Å². The highest BCUT2D eigenvalue weighted by Crippen LogP contribution is 2.61. The van der Waals surface area contributed by atoms with Gasteiger partial charge in [-0.2, -0.15) is 0 Å². The molecule has 3 heteroatoms. The van der Waals surface area contributed by atoms with Crippen LogP contribution in [0.15, 0.2) is 54.6 Å². The highest BCUT2D eigenvalue weighted by atomic mass is 16.5. The zero-order chi connectivity index (χ0) is 18.6. The van der Waals surface area contributed by atoms with Crippen molar-refractivity contribution in [1.82, 2.24) is 0 Å². The van der Waals surface area contributed by atoms with Crippen LogP contribution in [0.3, 0.4) is 0 Å². The first-order valence-corrected chi connectivity index (χ1v) is 9.99. The van der Waals surface area contributed by atoms with Gasteiger partial charge in [0.2, 0.25) is 0 Å². The van der Waals surface area contributed by atoms with Gasteiger partial charge in [0.05, 0.1) is 5.56 Å². The number of ketones is 2. The number of hydrogen-bond acceptors (Lipinski definition) is 3. The summed E-state index contributed by atoms with van der Waals surface area (Å²) < 4.78 is 6.68. The molecule has 3 nitrogen and oxygen atoms in total. The molecule has 2 fully saturated rings. The second-order valence-corrected chi connectivity index (χ2v) is 8.44. The Bertz CT molecular complexity index is 918. The third kappa shape index (κ3) is 2.08. The highest BCUT2D eigenvalue weighted by Gasteiger charge is 2.69. The summed E-state index contributed by atoms with van der Waals surface area (Å²) in [5.41, 5.74) is -0.0694. The monoisotopic (exact) mass is 360 g/mol. The van der Waals surface area contributed by atoms with Gasteiger partial charge in [0.1, 0.15) is 16.8 Å². The van der Waals surface area contributed by atoms with Crippen molar-refractivity contribution in [1.29, 1.82) is 0 Å². The minimum atomic E-state index is -1.09. The Morgan fingerprint density at radius 3 is 2.52 bits per heavy atom. The maximum Gasteiger partial charge on any atom is 0.183 e. The number of hydrogen-bond donors (Lipinski definition) is 0. The normalized spacial score (nSPS) is 34.9. The maximum absolute atomic E-state index is 13.6. The van der Waals surface area contributed by atoms with Crippen molar-refractivity contribution in [3.63, 3.8) is 0 Å². The van der Waals surface area contributed by atoms with Gasteiger partial charge in [-0.25, -0.2) is 0 Å². The van der Waals surface area contributed by atoms with E-state index in [1.54, 1.807) is 6.07 Å². The average molecular weight is 360 g/mol. The van der Waals surface area contributed by atoms with Crippen molar-refractivity contribution in [2.24, 2.45) is 11.3 Å². The molecule has 1 heterocycles. The fraction of sp³-hybridized carbons (Fsp3) is 0.417. The first-order chi connectivity index (χ1) is 13.1. The van der Waals surface area contributed by atoms with E-state index in [4.69, 9.17) is 4.74 Å². The van der Waals surface area contributed by atoms with Crippen LogP contribution in [-0.2, 0) is 4.79 Å². The first kappa shape index (κ1) is 16.7. The van der Waals surface area contributed by atoms with Gasteiger partial charge in [-0.1, -0.05) is 48.9 Å². The number of fused-ring (bicyclic) bond motifs is 1. The molecule has 2 aromatic carbocycles. The molecule has 3 aliphatic rings. The summed E-state index contributed by atoms with van der Waals surface area (Å²) in [6.07, 6.45) is 4.31.